The maximum absolute atomic E-state index is 12.1. The lowest BCUT2D eigenvalue weighted by atomic mass is 10.2. The summed E-state index contributed by atoms with van der Waals surface area (Å²) in [5, 5.41) is 6.07. The van der Waals surface area contributed by atoms with Crippen molar-refractivity contribution in [1.29, 1.82) is 0 Å². The van der Waals surface area contributed by atoms with E-state index in [1.807, 2.05) is 18.2 Å². The summed E-state index contributed by atoms with van der Waals surface area (Å²) in [5.41, 5.74) is 1.30. The van der Waals surface area contributed by atoms with E-state index in [4.69, 9.17) is 0 Å². The summed E-state index contributed by atoms with van der Waals surface area (Å²) in [6, 6.07) is 7.41. The standard InChI is InChI=1S/C17H23N5O/c1-3-4-6-10-19-17(23)15-11-16(22-13(2)21-15)20-12-14-8-5-7-9-18-14/h5,7-9,11H,3-4,6,10,12H2,1-2H3,(H,19,23)(H,20,21,22). The first-order valence-electron chi connectivity index (χ1n) is 7.96. The van der Waals surface area contributed by atoms with Gasteiger partial charge in [0.15, 0.2) is 0 Å². The van der Waals surface area contributed by atoms with Crippen molar-refractivity contribution in [3.63, 3.8) is 0 Å². The SMILES string of the molecule is CCCCCNC(=O)c1cc(NCc2ccccn2)nc(C)n1. The molecule has 23 heavy (non-hydrogen) atoms. The lowest BCUT2D eigenvalue weighted by Gasteiger charge is -2.09. The highest BCUT2D eigenvalue weighted by atomic mass is 16.1. The number of amides is 1. The fourth-order valence-corrected chi connectivity index (χ4v) is 2.13. The molecule has 0 saturated carbocycles. The average molecular weight is 313 g/mol. The summed E-state index contributed by atoms with van der Waals surface area (Å²) in [7, 11) is 0. The Balaban J connectivity index is 1.96. The van der Waals surface area contributed by atoms with E-state index in [0.717, 1.165) is 25.0 Å². The van der Waals surface area contributed by atoms with Gasteiger partial charge in [0.05, 0.1) is 12.2 Å². The molecular weight excluding hydrogens is 290 g/mol. The van der Waals surface area contributed by atoms with E-state index in [1.165, 1.54) is 0 Å². The van der Waals surface area contributed by atoms with Gasteiger partial charge in [-0.05, 0) is 25.5 Å². The molecule has 0 aliphatic carbocycles. The minimum absolute atomic E-state index is 0.160. The van der Waals surface area contributed by atoms with Crippen LogP contribution in [0.1, 0.15) is 48.2 Å². The number of hydrogen-bond acceptors (Lipinski definition) is 5. The van der Waals surface area contributed by atoms with E-state index in [0.29, 0.717) is 30.4 Å². The monoisotopic (exact) mass is 313 g/mol. The van der Waals surface area contributed by atoms with Crippen LogP contribution in [0.25, 0.3) is 0 Å². The number of aryl methyl sites for hydroxylation is 1. The number of rotatable bonds is 8. The van der Waals surface area contributed by atoms with Crippen LogP contribution >= 0.6 is 0 Å². The third-order valence-electron chi connectivity index (χ3n) is 3.31. The first-order chi connectivity index (χ1) is 11.2. The number of anilines is 1. The summed E-state index contributed by atoms with van der Waals surface area (Å²) in [5.74, 6) is 1.03. The van der Waals surface area contributed by atoms with Gasteiger partial charge >= 0.3 is 0 Å². The number of nitrogens with one attached hydrogen (secondary N) is 2. The Morgan fingerprint density at radius 3 is 2.83 bits per heavy atom. The highest BCUT2D eigenvalue weighted by molar-refractivity contribution is 5.92. The first-order valence-corrected chi connectivity index (χ1v) is 7.96. The molecule has 2 rings (SSSR count). The molecule has 0 saturated heterocycles. The largest absolute Gasteiger partial charge is 0.364 e. The molecule has 0 aromatic carbocycles. The normalized spacial score (nSPS) is 10.3. The summed E-state index contributed by atoms with van der Waals surface area (Å²) >= 11 is 0. The molecule has 0 atom stereocenters. The van der Waals surface area contributed by atoms with Gasteiger partial charge in [-0.15, -0.1) is 0 Å². The van der Waals surface area contributed by atoms with Crippen LogP contribution in [0.4, 0.5) is 5.82 Å². The van der Waals surface area contributed by atoms with Gasteiger partial charge in [-0.2, -0.15) is 0 Å². The number of carbonyl (C=O) groups excluding carboxylic acids is 1. The third kappa shape index (κ3) is 5.65. The summed E-state index contributed by atoms with van der Waals surface area (Å²) in [4.78, 5) is 24.9. The molecule has 0 aliphatic rings. The number of pyridine rings is 1. The molecule has 1 amide bonds. The Hall–Kier alpha value is -2.50. The second kappa shape index (κ2) is 8.82. The molecular formula is C17H23N5O. The molecule has 2 aromatic rings. The second-order valence-corrected chi connectivity index (χ2v) is 5.32. The van der Waals surface area contributed by atoms with Crippen molar-refractivity contribution < 1.29 is 4.79 Å². The first kappa shape index (κ1) is 16.9. The molecule has 0 spiro atoms. The van der Waals surface area contributed by atoms with Crippen molar-refractivity contribution in [2.24, 2.45) is 0 Å². The minimum atomic E-state index is -0.160. The highest BCUT2D eigenvalue weighted by Crippen LogP contribution is 2.08. The highest BCUT2D eigenvalue weighted by Gasteiger charge is 2.10. The van der Waals surface area contributed by atoms with Crippen LogP contribution in [0.3, 0.4) is 0 Å². The van der Waals surface area contributed by atoms with Crippen molar-refractivity contribution in [2.45, 2.75) is 39.7 Å². The number of aromatic nitrogens is 3. The summed E-state index contributed by atoms with van der Waals surface area (Å²) in [6.45, 7) is 5.14. The molecule has 6 nitrogen and oxygen atoms in total. The Morgan fingerprint density at radius 1 is 1.22 bits per heavy atom. The predicted molar refractivity (Wildman–Crippen MR) is 90.2 cm³/mol. The zero-order valence-electron chi connectivity index (χ0n) is 13.7. The van der Waals surface area contributed by atoms with Gasteiger partial charge in [-0.25, -0.2) is 9.97 Å². The lowest BCUT2D eigenvalue weighted by molar-refractivity contribution is 0.0947. The predicted octanol–water partition coefficient (Wildman–Crippen LogP) is 2.71. The topological polar surface area (TPSA) is 79.8 Å². The van der Waals surface area contributed by atoms with Crippen LogP contribution in [0.15, 0.2) is 30.5 Å². The van der Waals surface area contributed by atoms with Crippen LogP contribution in [0, 0.1) is 6.92 Å². The molecule has 0 unspecified atom stereocenters. The zero-order chi connectivity index (χ0) is 16.5. The van der Waals surface area contributed by atoms with Crippen molar-refractivity contribution in [3.05, 3.63) is 47.7 Å². The van der Waals surface area contributed by atoms with E-state index in [1.54, 1.807) is 19.2 Å². The molecule has 0 aliphatic heterocycles. The van der Waals surface area contributed by atoms with Gasteiger partial charge < -0.3 is 10.6 Å². The van der Waals surface area contributed by atoms with Gasteiger partial charge in [0.25, 0.3) is 5.91 Å². The Kier molecular flexibility index (Phi) is 6.47. The van der Waals surface area contributed by atoms with Gasteiger partial charge in [-0.3, -0.25) is 9.78 Å². The van der Waals surface area contributed by atoms with Gasteiger partial charge in [-0.1, -0.05) is 25.8 Å². The van der Waals surface area contributed by atoms with E-state index in [9.17, 15) is 4.79 Å². The van der Waals surface area contributed by atoms with Crippen molar-refractivity contribution in [3.8, 4) is 0 Å². The number of carbonyl (C=O) groups is 1. The Morgan fingerprint density at radius 2 is 2.09 bits per heavy atom. The molecule has 2 heterocycles. The molecule has 0 radical (unpaired) electrons. The quantitative estimate of drug-likeness (QED) is 0.733. The van der Waals surface area contributed by atoms with Crippen LogP contribution in [-0.2, 0) is 6.54 Å². The zero-order valence-corrected chi connectivity index (χ0v) is 13.7. The maximum atomic E-state index is 12.1. The molecule has 2 aromatic heterocycles. The minimum Gasteiger partial charge on any atom is -0.364 e. The molecule has 0 fully saturated rings. The van der Waals surface area contributed by atoms with Crippen LogP contribution in [0.2, 0.25) is 0 Å². The molecule has 0 bridgehead atoms. The van der Waals surface area contributed by atoms with E-state index < -0.39 is 0 Å². The average Bonchev–Trinajstić information content (AvgIpc) is 2.57. The van der Waals surface area contributed by atoms with Crippen molar-refractivity contribution >= 4 is 11.7 Å². The molecule has 122 valence electrons. The van der Waals surface area contributed by atoms with Crippen LogP contribution in [-0.4, -0.2) is 27.4 Å². The summed E-state index contributed by atoms with van der Waals surface area (Å²) in [6.07, 6.45) is 4.97. The van der Waals surface area contributed by atoms with Crippen molar-refractivity contribution in [2.75, 3.05) is 11.9 Å². The number of nitrogens with zero attached hydrogens (tertiary/aromatic N) is 3. The van der Waals surface area contributed by atoms with Gasteiger partial charge in [0.2, 0.25) is 0 Å². The lowest BCUT2D eigenvalue weighted by Crippen LogP contribution is -2.26. The Labute approximate surface area is 136 Å². The van der Waals surface area contributed by atoms with Gasteiger partial charge in [0, 0.05) is 18.8 Å². The molecule has 2 N–H and O–H groups in total. The number of hydrogen-bond donors (Lipinski definition) is 2. The van der Waals surface area contributed by atoms with Crippen LogP contribution < -0.4 is 10.6 Å². The maximum Gasteiger partial charge on any atom is 0.270 e. The Bertz CT molecular complexity index is 630. The van der Waals surface area contributed by atoms with E-state index >= 15 is 0 Å². The van der Waals surface area contributed by atoms with E-state index in [2.05, 4.69) is 32.5 Å². The fourth-order valence-electron chi connectivity index (χ4n) is 2.13. The molecule has 6 heteroatoms. The third-order valence-corrected chi connectivity index (χ3v) is 3.31. The van der Waals surface area contributed by atoms with Crippen molar-refractivity contribution in [1.82, 2.24) is 20.3 Å². The number of unbranched alkanes of at least 4 members (excludes halogenated alkanes) is 2. The summed E-state index contributed by atoms with van der Waals surface area (Å²) < 4.78 is 0. The van der Waals surface area contributed by atoms with Gasteiger partial charge in [0.1, 0.15) is 17.3 Å². The smallest absolute Gasteiger partial charge is 0.270 e. The fraction of sp³-hybridized carbons (Fsp3) is 0.412. The second-order valence-electron chi connectivity index (χ2n) is 5.32. The van der Waals surface area contributed by atoms with E-state index in [-0.39, 0.29) is 5.91 Å². The van der Waals surface area contributed by atoms with Crippen LogP contribution in [0.5, 0.6) is 0 Å².